The van der Waals surface area contributed by atoms with E-state index in [2.05, 4.69) is 5.32 Å². The van der Waals surface area contributed by atoms with Gasteiger partial charge in [-0.2, -0.15) is 0 Å². The zero-order chi connectivity index (χ0) is 25.4. The number of aromatic hydroxyl groups is 1. The molecule has 1 saturated carbocycles. The van der Waals surface area contributed by atoms with E-state index in [-0.39, 0.29) is 35.8 Å². The number of carbonyl (C=O) groups excluding carboxylic acids is 4. The Balaban J connectivity index is 1.59. The van der Waals surface area contributed by atoms with Crippen LogP contribution in [0.5, 0.6) is 11.5 Å². The summed E-state index contributed by atoms with van der Waals surface area (Å²) < 4.78 is 5.62. The molecule has 2 aliphatic heterocycles. The third kappa shape index (κ3) is 2.81. The fraction of sp³-hybridized carbons (Fsp3) is 0.357. The maximum Gasteiger partial charge on any atom is 0.241 e. The predicted molar refractivity (Wildman–Crippen MR) is 129 cm³/mol. The van der Waals surface area contributed by atoms with E-state index in [0.29, 0.717) is 23.4 Å². The van der Waals surface area contributed by atoms with Crippen LogP contribution in [0.1, 0.15) is 31.2 Å². The second-order valence-corrected chi connectivity index (χ2v) is 10.2. The average molecular weight is 487 g/mol. The van der Waals surface area contributed by atoms with Crippen molar-refractivity contribution in [2.75, 3.05) is 12.0 Å². The number of carbonyl (C=O) groups is 4. The average Bonchev–Trinajstić information content (AvgIpc) is 3.27. The van der Waals surface area contributed by atoms with Crippen molar-refractivity contribution in [1.29, 1.82) is 0 Å². The van der Waals surface area contributed by atoms with Crippen LogP contribution in [0, 0.1) is 29.1 Å². The zero-order valence-electron chi connectivity index (χ0n) is 19.9. The molecule has 0 radical (unpaired) electrons. The third-order valence-electron chi connectivity index (χ3n) is 8.68. The number of hydrogen-bond acceptors (Lipinski definition) is 6. The highest BCUT2D eigenvalue weighted by Crippen LogP contribution is 2.65. The van der Waals surface area contributed by atoms with Gasteiger partial charge in [-0.15, -0.1) is 0 Å². The molecule has 6 rings (SSSR count). The number of amides is 4. The summed E-state index contributed by atoms with van der Waals surface area (Å²) in [5.74, 6) is -3.98. The largest absolute Gasteiger partial charge is 0.508 e. The molecule has 2 aromatic rings. The van der Waals surface area contributed by atoms with Crippen LogP contribution in [0.25, 0.3) is 0 Å². The van der Waals surface area contributed by atoms with E-state index in [4.69, 9.17) is 4.74 Å². The smallest absolute Gasteiger partial charge is 0.241 e. The van der Waals surface area contributed by atoms with Gasteiger partial charge in [0.05, 0.1) is 36.0 Å². The normalized spacial score (nSPS) is 33.0. The van der Waals surface area contributed by atoms with Gasteiger partial charge >= 0.3 is 0 Å². The second kappa shape index (κ2) is 7.78. The number of para-hydroxylation sites is 1. The first kappa shape index (κ1) is 22.5. The van der Waals surface area contributed by atoms with Crippen molar-refractivity contribution >= 4 is 29.3 Å². The van der Waals surface area contributed by atoms with E-state index in [1.54, 1.807) is 43.3 Å². The van der Waals surface area contributed by atoms with Crippen LogP contribution in [0.15, 0.2) is 60.2 Å². The van der Waals surface area contributed by atoms with Crippen LogP contribution in [-0.2, 0) is 19.2 Å². The number of phenols is 1. The summed E-state index contributed by atoms with van der Waals surface area (Å²) in [7, 11) is 1.49. The second-order valence-electron chi connectivity index (χ2n) is 10.2. The number of nitrogens with one attached hydrogen (secondary N) is 1. The molecule has 0 aromatic heterocycles. The molecule has 36 heavy (non-hydrogen) atoms. The number of ether oxygens (including phenoxy) is 1. The molecule has 4 aliphatic rings. The molecule has 0 spiro atoms. The lowest BCUT2D eigenvalue weighted by atomic mass is 9.51. The first-order chi connectivity index (χ1) is 17.3. The Kier molecular flexibility index (Phi) is 4.87. The molecule has 8 nitrogen and oxygen atoms in total. The molecular formula is C28H26N2O6. The summed E-state index contributed by atoms with van der Waals surface area (Å²) in [6.45, 7) is 1.78. The summed E-state index contributed by atoms with van der Waals surface area (Å²) >= 11 is 0. The maximum absolute atomic E-state index is 14.2. The van der Waals surface area contributed by atoms with Gasteiger partial charge in [0.2, 0.25) is 23.6 Å². The number of benzene rings is 2. The van der Waals surface area contributed by atoms with Gasteiger partial charge in [-0.05, 0) is 49.9 Å². The SMILES string of the molecule is COc1cccc(O)c1C1C2=CCC3C(=O)NC(=O)C3C2CC2C(=O)N(c3ccccc3)C(=O)C21C. The van der Waals surface area contributed by atoms with Gasteiger partial charge in [0.15, 0.2) is 0 Å². The number of anilines is 1. The number of imide groups is 2. The minimum atomic E-state index is -1.23. The summed E-state index contributed by atoms with van der Waals surface area (Å²) in [6, 6.07) is 13.7. The van der Waals surface area contributed by atoms with Gasteiger partial charge in [-0.1, -0.05) is 35.9 Å². The fourth-order valence-corrected chi connectivity index (χ4v) is 7.06. The van der Waals surface area contributed by atoms with Gasteiger partial charge < -0.3 is 9.84 Å². The highest BCUT2D eigenvalue weighted by molar-refractivity contribution is 6.24. The molecule has 2 saturated heterocycles. The van der Waals surface area contributed by atoms with Crippen LogP contribution >= 0.6 is 0 Å². The van der Waals surface area contributed by atoms with Crippen molar-refractivity contribution < 1.29 is 29.0 Å². The molecule has 0 bridgehead atoms. The van der Waals surface area contributed by atoms with Gasteiger partial charge in [0, 0.05) is 11.5 Å². The molecule has 6 unspecified atom stereocenters. The Hall–Kier alpha value is -3.94. The molecule has 2 aliphatic carbocycles. The van der Waals surface area contributed by atoms with Crippen LogP contribution in [0.3, 0.4) is 0 Å². The molecule has 2 aromatic carbocycles. The molecule has 3 fully saturated rings. The van der Waals surface area contributed by atoms with Gasteiger partial charge in [-0.3, -0.25) is 24.5 Å². The van der Waals surface area contributed by atoms with E-state index in [0.717, 1.165) is 5.57 Å². The van der Waals surface area contributed by atoms with E-state index < -0.39 is 35.0 Å². The Morgan fingerprint density at radius 1 is 1.00 bits per heavy atom. The number of nitrogens with zero attached hydrogens (tertiary/aromatic N) is 1. The number of methoxy groups -OCH3 is 1. The number of phenolic OH excluding ortho intramolecular Hbond substituents is 1. The molecule has 8 heteroatoms. The van der Waals surface area contributed by atoms with Gasteiger partial charge in [0.1, 0.15) is 11.5 Å². The van der Waals surface area contributed by atoms with Crippen molar-refractivity contribution in [3.8, 4) is 11.5 Å². The van der Waals surface area contributed by atoms with E-state index >= 15 is 0 Å². The van der Waals surface area contributed by atoms with Crippen LogP contribution in [-0.4, -0.2) is 35.8 Å². The Bertz CT molecular complexity index is 1350. The Morgan fingerprint density at radius 2 is 1.75 bits per heavy atom. The molecule has 2 heterocycles. The highest BCUT2D eigenvalue weighted by Gasteiger charge is 2.67. The minimum Gasteiger partial charge on any atom is -0.508 e. The number of allylic oxidation sites excluding steroid dienone is 2. The monoisotopic (exact) mass is 486 g/mol. The van der Waals surface area contributed by atoms with Crippen LogP contribution in [0.4, 0.5) is 5.69 Å². The third-order valence-corrected chi connectivity index (χ3v) is 8.68. The van der Waals surface area contributed by atoms with Crippen molar-refractivity contribution in [2.45, 2.75) is 25.7 Å². The van der Waals surface area contributed by atoms with Crippen molar-refractivity contribution in [1.82, 2.24) is 5.32 Å². The zero-order valence-corrected chi connectivity index (χ0v) is 19.9. The Labute approximate surface area is 207 Å². The first-order valence-corrected chi connectivity index (χ1v) is 12.1. The molecule has 4 amide bonds. The van der Waals surface area contributed by atoms with Gasteiger partial charge in [-0.25, -0.2) is 4.90 Å². The Morgan fingerprint density at radius 3 is 2.47 bits per heavy atom. The van der Waals surface area contributed by atoms with E-state index in [1.807, 2.05) is 12.1 Å². The lowest BCUT2D eigenvalue weighted by molar-refractivity contribution is -0.131. The summed E-state index contributed by atoms with van der Waals surface area (Å²) in [5, 5.41) is 13.5. The van der Waals surface area contributed by atoms with E-state index in [1.165, 1.54) is 18.1 Å². The summed E-state index contributed by atoms with van der Waals surface area (Å²) in [4.78, 5) is 54.8. The van der Waals surface area contributed by atoms with E-state index in [9.17, 15) is 24.3 Å². The fourth-order valence-electron chi connectivity index (χ4n) is 7.06. The lowest BCUT2D eigenvalue weighted by Crippen LogP contribution is -2.48. The quantitative estimate of drug-likeness (QED) is 0.510. The van der Waals surface area contributed by atoms with Crippen LogP contribution < -0.4 is 15.0 Å². The molecule has 2 N–H and O–H groups in total. The number of hydrogen-bond donors (Lipinski definition) is 2. The number of fused-ring (bicyclic) bond motifs is 4. The maximum atomic E-state index is 14.2. The molecule has 6 atom stereocenters. The minimum absolute atomic E-state index is 0.0478. The number of rotatable bonds is 3. The van der Waals surface area contributed by atoms with Crippen molar-refractivity contribution in [3.63, 3.8) is 0 Å². The standard InChI is InChI=1S/C28H26N2O6/c1-28-18(26(34)30(27(28)35)14-7-4-3-5-8-14)13-17-15(11-12-16-21(17)25(33)29-24(16)32)23(28)22-19(31)9-6-10-20(22)36-2/h3-11,16-18,21,23,31H,12-13H2,1-2H3,(H,29,32,33). The van der Waals surface area contributed by atoms with Gasteiger partial charge in [0.25, 0.3) is 0 Å². The molecular weight excluding hydrogens is 460 g/mol. The topological polar surface area (TPSA) is 113 Å². The van der Waals surface area contributed by atoms with Crippen LogP contribution in [0.2, 0.25) is 0 Å². The lowest BCUT2D eigenvalue weighted by Gasteiger charge is -2.49. The molecule has 184 valence electrons. The summed E-state index contributed by atoms with van der Waals surface area (Å²) in [5.41, 5.74) is 0.473. The van der Waals surface area contributed by atoms with Crippen molar-refractivity contribution in [3.05, 3.63) is 65.7 Å². The van der Waals surface area contributed by atoms with Crippen molar-refractivity contribution in [2.24, 2.45) is 29.1 Å². The highest BCUT2D eigenvalue weighted by atomic mass is 16.5. The summed E-state index contributed by atoms with van der Waals surface area (Å²) in [6.07, 6.45) is 2.56. The predicted octanol–water partition coefficient (Wildman–Crippen LogP) is 2.92. The first-order valence-electron chi connectivity index (χ1n) is 12.1.